The number of ether oxygens (including phenoxy) is 1. The van der Waals surface area contributed by atoms with Gasteiger partial charge in [0.15, 0.2) is 18.2 Å². The van der Waals surface area contributed by atoms with Crippen LogP contribution in [0.5, 0.6) is 5.75 Å². The second kappa shape index (κ2) is 6.73. The molecule has 1 aromatic rings. The average Bonchev–Trinajstić information content (AvgIpc) is 3.22. The fourth-order valence-corrected chi connectivity index (χ4v) is 4.86. The Bertz CT molecular complexity index is 814. The Morgan fingerprint density at radius 2 is 2.08 bits per heavy atom. The van der Waals surface area contributed by atoms with Crippen LogP contribution in [0, 0.1) is 17.7 Å². The summed E-state index contributed by atoms with van der Waals surface area (Å²) in [4.78, 5) is 10.1. The number of carbonyl (C=O) groups is 1. The number of benzene rings is 1. The monoisotopic (exact) mass is 393 g/mol. The Labute approximate surface area is 148 Å². The molecule has 3 rings (SSSR count). The van der Waals surface area contributed by atoms with E-state index in [1.54, 1.807) is 0 Å². The zero-order valence-electron chi connectivity index (χ0n) is 13.7. The fraction of sp³-hybridized carbons (Fsp3) is 0.562. The van der Waals surface area contributed by atoms with Crippen molar-refractivity contribution >= 4 is 16.0 Å². The second-order valence-electron chi connectivity index (χ2n) is 6.61. The summed E-state index contributed by atoms with van der Waals surface area (Å²) < 4.78 is 71.8. The number of carboxylic acid groups (broad SMARTS) is 1. The minimum atomic E-state index is -4.03. The van der Waals surface area contributed by atoms with Crippen molar-refractivity contribution in [2.24, 2.45) is 11.8 Å². The fourth-order valence-electron chi connectivity index (χ4n) is 3.31. The van der Waals surface area contributed by atoms with Gasteiger partial charge >= 0.3 is 5.97 Å². The summed E-state index contributed by atoms with van der Waals surface area (Å²) in [7, 11) is -4.03. The molecular formula is C16H18F3NO5S. The first-order valence-electron chi connectivity index (χ1n) is 8.13. The molecule has 1 aromatic carbocycles. The van der Waals surface area contributed by atoms with Crippen LogP contribution in [-0.4, -0.2) is 49.4 Å². The predicted molar refractivity (Wildman–Crippen MR) is 84.1 cm³/mol. The highest BCUT2D eigenvalue weighted by Crippen LogP contribution is 2.55. The lowest BCUT2D eigenvalue weighted by atomic mass is 9.94. The highest BCUT2D eigenvalue weighted by Gasteiger charge is 2.60. The van der Waals surface area contributed by atoms with Gasteiger partial charge in [0.1, 0.15) is 0 Å². The highest BCUT2D eigenvalue weighted by atomic mass is 32.2. The summed E-state index contributed by atoms with van der Waals surface area (Å²) in [5.74, 6) is -6.58. The van der Waals surface area contributed by atoms with Crippen LogP contribution in [0.4, 0.5) is 13.2 Å². The maximum absolute atomic E-state index is 14.0. The molecule has 1 N–H and O–H groups in total. The minimum absolute atomic E-state index is 0.0124. The lowest BCUT2D eigenvalue weighted by Crippen LogP contribution is -2.41. The normalized spacial score (nSPS) is 25.7. The van der Waals surface area contributed by atoms with Crippen molar-refractivity contribution in [3.8, 4) is 5.75 Å². The maximum atomic E-state index is 14.0. The highest BCUT2D eigenvalue weighted by molar-refractivity contribution is 7.89. The number of hydrogen-bond donors (Lipinski definition) is 1. The van der Waals surface area contributed by atoms with E-state index in [0.717, 1.165) is 22.5 Å². The van der Waals surface area contributed by atoms with E-state index < -0.39 is 46.2 Å². The molecule has 1 aliphatic heterocycles. The third kappa shape index (κ3) is 3.80. The van der Waals surface area contributed by atoms with Gasteiger partial charge in [-0.25, -0.2) is 26.4 Å². The standard InChI is InChI=1S/C16H18F3NO5S/c17-13-6-11(3-4-14(13)25-9-15(21)22)26(23,24)20-5-1-2-10(8-20)12-7-16(12,18)19/h3-4,6,10,12H,1-2,5,7-9H2,(H,21,22). The molecule has 1 aliphatic carbocycles. The maximum Gasteiger partial charge on any atom is 0.341 e. The van der Waals surface area contributed by atoms with E-state index >= 15 is 0 Å². The number of carboxylic acids is 1. The van der Waals surface area contributed by atoms with Gasteiger partial charge in [-0.05, 0) is 37.0 Å². The van der Waals surface area contributed by atoms with E-state index in [0.29, 0.717) is 12.8 Å². The van der Waals surface area contributed by atoms with Crippen molar-refractivity contribution in [3.63, 3.8) is 0 Å². The Morgan fingerprint density at radius 1 is 1.38 bits per heavy atom. The molecule has 2 aliphatic rings. The molecule has 2 atom stereocenters. The van der Waals surface area contributed by atoms with Gasteiger partial charge in [-0.2, -0.15) is 4.31 Å². The van der Waals surface area contributed by atoms with Crippen LogP contribution in [0.1, 0.15) is 19.3 Å². The summed E-state index contributed by atoms with van der Waals surface area (Å²) in [6.07, 6.45) is 0.803. The van der Waals surface area contributed by atoms with E-state index in [1.807, 2.05) is 0 Å². The zero-order chi connectivity index (χ0) is 19.1. The smallest absolute Gasteiger partial charge is 0.341 e. The SMILES string of the molecule is O=C(O)COc1ccc(S(=O)(=O)N2CCCC(C3CC3(F)F)C2)cc1F. The number of nitrogens with zero attached hydrogens (tertiary/aromatic N) is 1. The summed E-state index contributed by atoms with van der Waals surface area (Å²) in [5.41, 5.74) is 0. The van der Waals surface area contributed by atoms with Crippen LogP contribution in [0.15, 0.2) is 23.1 Å². The third-order valence-corrected chi connectivity index (χ3v) is 6.62. The number of sulfonamides is 1. The molecule has 0 amide bonds. The Morgan fingerprint density at radius 3 is 2.65 bits per heavy atom. The van der Waals surface area contributed by atoms with Gasteiger partial charge in [-0.15, -0.1) is 0 Å². The number of hydrogen-bond acceptors (Lipinski definition) is 4. The van der Waals surface area contributed by atoms with E-state index in [2.05, 4.69) is 0 Å². The Kier molecular flexibility index (Phi) is 4.91. The van der Waals surface area contributed by atoms with Crippen LogP contribution in [0.3, 0.4) is 0 Å². The number of rotatable bonds is 6. The first kappa shape index (κ1) is 19.0. The molecule has 2 unspecified atom stereocenters. The van der Waals surface area contributed by atoms with Gasteiger partial charge in [0.05, 0.1) is 4.90 Å². The summed E-state index contributed by atoms with van der Waals surface area (Å²) in [6, 6.07) is 2.91. The molecule has 6 nitrogen and oxygen atoms in total. The molecule has 1 saturated carbocycles. The molecule has 2 fully saturated rings. The molecule has 1 heterocycles. The first-order valence-corrected chi connectivity index (χ1v) is 9.57. The molecule has 0 bridgehead atoms. The number of piperidine rings is 1. The van der Waals surface area contributed by atoms with Crippen molar-refractivity contribution in [2.45, 2.75) is 30.1 Å². The van der Waals surface area contributed by atoms with E-state index in [9.17, 15) is 26.4 Å². The lowest BCUT2D eigenvalue weighted by molar-refractivity contribution is -0.139. The van der Waals surface area contributed by atoms with Crippen molar-refractivity contribution < 1.29 is 36.2 Å². The summed E-state index contributed by atoms with van der Waals surface area (Å²) in [5, 5.41) is 8.53. The topological polar surface area (TPSA) is 83.9 Å². The first-order chi connectivity index (χ1) is 12.1. The number of aliphatic carboxylic acids is 1. The van der Waals surface area contributed by atoms with Gasteiger partial charge in [-0.3, -0.25) is 0 Å². The molecule has 0 radical (unpaired) electrons. The Hall–Kier alpha value is -1.81. The Balaban J connectivity index is 1.75. The van der Waals surface area contributed by atoms with Gasteiger partial charge in [0.25, 0.3) is 5.92 Å². The minimum Gasteiger partial charge on any atom is -0.479 e. The van der Waals surface area contributed by atoms with Crippen LogP contribution in [0.25, 0.3) is 0 Å². The third-order valence-electron chi connectivity index (χ3n) is 4.76. The van der Waals surface area contributed by atoms with Gasteiger partial charge < -0.3 is 9.84 Å². The van der Waals surface area contributed by atoms with Gasteiger partial charge in [0, 0.05) is 25.4 Å². The van der Waals surface area contributed by atoms with Crippen LogP contribution in [0.2, 0.25) is 0 Å². The number of halogens is 3. The largest absolute Gasteiger partial charge is 0.479 e. The van der Waals surface area contributed by atoms with Crippen molar-refractivity contribution in [2.75, 3.05) is 19.7 Å². The molecular weight excluding hydrogens is 375 g/mol. The molecule has 10 heteroatoms. The zero-order valence-corrected chi connectivity index (χ0v) is 14.5. The lowest BCUT2D eigenvalue weighted by Gasteiger charge is -2.32. The quantitative estimate of drug-likeness (QED) is 0.802. The predicted octanol–water partition coefficient (Wildman–Crippen LogP) is 2.35. The van der Waals surface area contributed by atoms with Crippen molar-refractivity contribution in [1.29, 1.82) is 0 Å². The average molecular weight is 393 g/mol. The van der Waals surface area contributed by atoms with E-state index in [1.165, 1.54) is 0 Å². The van der Waals surface area contributed by atoms with Crippen molar-refractivity contribution in [1.82, 2.24) is 4.31 Å². The summed E-state index contributed by atoms with van der Waals surface area (Å²) >= 11 is 0. The van der Waals surface area contributed by atoms with Crippen LogP contribution >= 0.6 is 0 Å². The van der Waals surface area contributed by atoms with Gasteiger partial charge in [0.2, 0.25) is 10.0 Å². The molecule has 0 aromatic heterocycles. The van der Waals surface area contributed by atoms with Crippen molar-refractivity contribution in [3.05, 3.63) is 24.0 Å². The molecule has 144 valence electrons. The number of alkyl halides is 2. The van der Waals surface area contributed by atoms with Crippen LogP contribution in [-0.2, 0) is 14.8 Å². The van der Waals surface area contributed by atoms with Gasteiger partial charge in [-0.1, -0.05) is 0 Å². The molecule has 1 saturated heterocycles. The van der Waals surface area contributed by atoms with Crippen LogP contribution < -0.4 is 4.74 Å². The molecule has 26 heavy (non-hydrogen) atoms. The van der Waals surface area contributed by atoms with E-state index in [-0.39, 0.29) is 30.2 Å². The van der Waals surface area contributed by atoms with E-state index in [4.69, 9.17) is 9.84 Å². The summed E-state index contributed by atoms with van der Waals surface area (Å²) in [6.45, 7) is -0.579. The second-order valence-corrected chi connectivity index (χ2v) is 8.55. The molecule has 0 spiro atoms.